The molecule has 0 saturated heterocycles. The van der Waals surface area contributed by atoms with Crippen LogP contribution in [-0.4, -0.2) is 27.6 Å². The Morgan fingerprint density at radius 2 is 1.64 bits per heavy atom. The van der Waals surface area contributed by atoms with E-state index >= 15 is 0 Å². The van der Waals surface area contributed by atoms with Crippen LogP contribution in [0, 0.1) is 6.92 Å². The minimum absolute atomic E-state index is 0.187. The molecular weight excluding hydrogens is 378 g/mol. The lowest BCUT2D eigenvalue weighted by molar-refractivity contribution is 0.414. The molecule has 2 aromatic carbocycles. The van der Waals surface area contributed by atoms with Gasteiger partial charge in [0.15, 0.2) is 0 Å². The van der Waals surface area contributed by atoms with E-state index in [9.17, 15) is 8.42 Å². The molecule has 3 aromatic rings. The second kappa shape index (κ2) is 8.18. The largest absolute Gasteiger partial charge is 0.497 e. The first-order valence-electron chi connectivity index (χ1n) is 8.46. The lowest BCUT2D eigenvalue weighted by Crippen LogP contribution is -2.14. The number of ether oxygens (including phenoxy) is 2. The molecule has 0 aliphatic rings. The van der Waals surface area contributed by atoms with Crippen LogP contribution in [0.3, 0.4) is 0 Å². The second-order valence-corrected chi connectivity index (χ2v) is 7.68. The van der Waals surface area contributed by atoms with Crippen LogP contribution >= 0.6 is 0 Å². The number of pyridine rings is 1. The maximum Gasteiger partial charge on any atom is 0.262 e. The van der Waals surface area contributed by atoms with Gasteiger partial charge in [0.2, 0.25) is 0 Å². The van der Waals surface area contributed by atoms with Gasteiger partial charge in [0.1, 0.15) is 17.3 Å². The van der Waals surface area contributed by atoms with Gasteiger partial charge in [-0.15, -0.1) is 0 Å². The molecule has 0 aliphatic carbocycles. The molecule has 0 spiro atoms. The van der Waals surface area contributed by atoms with E-state index in [1.54, 1.807) is 38.3 Å². The van der Waals surface area contributed by atoms with Crippen molar-refractivity contribution in [2.24, 2.45) is 0 Å². The van der Waals surface area contributed by atoms with E-state index in [0.717, 1.165) is 11.4 Å². The van der Waals surface area contributed by atoms with E-state index in [2.05, 4.69) is 15.0 Å². The number of hydrogen-bond acceptors (Lipinski definition) is 6. The summed E-state index contributed by atoms with van der Waals surface area (Å²) < 4.78 is 38.2. The van der Waals surface area contributed by atoms with Crippen LogP contribution in [-0.2, 0) is 10.0 Å². The van der Waals surface area contributed by atoms with Crippen molar-refractivity contribution >= 4 is 27.2 Å². The summed E-state index contributed by atoms with van der Waals surface area (Å²) in [5.74, 6) is 1.91. The summed E-state index contributed by atoms with van der Waals surface area (Å²) in [4.78, 5) is 4.45. The van der Waals surface area contributed by atoms with Gasteiger partial charge in [-0.25, -0.2) is 13.4 Å². The van der Waals surface area contributed by atoms with Crippen LogP contribution in [0.15, 0.2) is 65.7 Å². The molecule has 8 heteroatoms. The summed E-state index contributed by atoms with van der Waals surface area (Å²) in [6.07, 6.45) is 1.46. The third-order valence-corrected chi connectivity index (χ3v) is 5.57. The van der Waals surface area contributed by atoms with Gasteiger partial charge < -0.3 is 14.8 Å². The molecule has 0 atom stereocenters. The highest BCUT2D eigenvalue weighted by atomic mass is 32.2. The minimum Gasteiger partial charge on any atom is -0.497 e. The molecule has 0 fully saturated rings. The molecule has 0 radical (unpaired) electrons. The Labute approximate surface area is 164 Å². The van der Waals surface area contributed by atoms with Crippen molar-refractivity contribution in [1.29, 1.82) is 0 Å². The zero-order valence-corrected chi connectivity index (χ0v) is 16.6. The first kappa shape index (κ1) is 19.5. The first-order valence-corrected chi connectivity index (χ1v) is 9.94. The predicted molar refractivity (Wildman–Crippen MR) is 109 cm³/mol. The van der Waals surface area contributed by atoms with Gasteiger partial charge in [0, 0.05) is 11.8 Å². The van der Waals surface area contributed by atoms with Crippen LogP contribution < -0.4 is 19.5 Å². The topological polar surface area (TPSA) is 89.6 Å². The molecule has 1 aromatic heterocycles. The van der Waals surface area contributed by atoms with Gasteiger partial charge in [0.25, 0.3) is 10.0 Å². The minimum atomic E-state index is -3.73. The van der Waals surface area contributed by atoms with E-state index in [4.69, 9.17) is 9.47 Å². The number of aromatic nitrogens is 1. The number of sulfonamides is 1. The Morgan fingerprint density at radius 1 is 0.893 bits per heavy atom. The highest BCUT2D eigenvalue weighted by Crippen LogP contribution is 2.24. The van der Waals surface area contributed by atoms with E-state index < -0.39 is 10.0 Å². The summed E-state index contributed by atoms with van der Waals surface area (Å²) in [5, 5.41) is 3.14. The fourth-order valence-corrected chi connectivity index (χ4v) is 3.91. The van der Waals surface area contributed by atoms with Crippen molar-refractivity contribution in [3.8, 4) is 11.5 Å². The Bertz CT molecular complexity index is 1070. The molecule has 3 rings (SSSR count). The van der Waals surface area contributed by atoms with Crippen LogP contribution in [0.4, 0.5) is 17.2 Å². The highest BCUT2D eigenvalue weighted by molar-refractivity contribution is 7.92. The Balaban J connectivity index is 1.74. The van der Waals surface area contributed by atoms with Crippen LogP contribution in [0.25, 0.3) is 0 Å². The summed E-state index contributed by atoms with van der Waals surface area (Å²) in [7, 11) is -0.597. The standard InChI is InChI=1S/C20H21N3O4S/c1-14-11-18(27-3)8-9-19(14)28(24,25)23-16-7-10-20(21-13-16)22-15-5-4-6-17(12-15)26-2/h4-13,23H,1-3H3,(H,21,22). The fraction of sp³-hybridized carbons (Fsp3) is 0.150. The average molecular weight is 399 g/mol. The van der Waals surface area contributed by atoms with Crippen molar-refractivity contribution in [2.45, 2.75) is 11.8 Å². The molecule has 28 heavy (non-hydrogen) atoms. The monoisotopic (exact) mass is 399 g/mol. The molecule has 2 N–H and O–H groups in total. The molecule has 0 saturated carbocycles. The van der Waals surface area contributed by atoms with Gasteiger partial charge in [-0.3, -0.25) is 4.72 Å². The number of nitrogens with one attached hydrogen (secondary N) is 2. The molecular formula is C20H21N3O4S. The predicted octanol–water partition coefficient (Wildman–Crippen LogP) is 3.95. The molecule has 1 heterocycles. The highest BCUT2D eigenvalue weighted by Gasteiger charge is 2.17. The number of anilines is 3. The third kappa shape index (κ3) is 4.52. The normalized spacial score (nSPS) is 11.0. The van der Waals surface area contributed by atoms with Crippen LogP contribution in [0.2, 0.25) is 0 Å². The molecule has 0 aliphatic heterocycles. The van der Waals surface area contributed by atoms with Gasteiger partial charge >= 0.3 is 0 Å². The number of aryl methyl sites for hydroxylation is 1. The van der Waals surface area contributed by atoms with Gasteiger partial charge in [-0.2, -0.15) is 0 Å². The summed E-state index contributed by atoms with van der Waals surface area (Å²) in [6.45, 7) is 1.72. The Hall–Kier alpha value is -3.26. The lowest BCUT2D eigenvalue weighted by Gasteiger charge is -2.12. The number of rotatable bonds is 7. The van der Waals surface area contributed by atoms with Crippen LogP contribution in [0.5, 0.6) is 11.5 Å². The quantitative estimate of drug-likeness (QED) is 0.625. The number of nitrogens with zero attached hydrogens (tertiary/aromatic N) is 1. The van der Waals surface area contributed by atoms with E-state index in [0.29, 0.717) is 22.8 Å². The number of hydrogen-bond donors (Lipinski definition) is 2. The molecule has 7 nitrogen and oxygen atoms in total. The summed E-state index contributed by atoms with van der Waals surface area (Å²) in [6, 6.07) is 15.6. The van der Waals surface area contributed by atoms with Gasteiger partial charge in [-0.1, -0.05) is 6.07 Å². The van der Waals surface area contributed by atoms with Crippen molar-refractivity contribution in [1.82, 2.24) is 4.98 Å². The zero-order chi connectivity index (χ0) is 20.1. The first-order chi connectivity index (χ1) is 13.4. The molecule has 0 unspecified atom stereocenters. The lowest BCUT2D eigenvalue weighted by atomic mass is 10.2. The van der Waals surface area contributed by atoms with Crippen molar-refractivity contribution < 1.29 is 17.9 Å². The average Bonchev–Trinajstić information content (AvgIpc) is 2.69. The van der Waals surface area contributed by atoms with E-state index in [-0.39, 0.29) is 4.90 Å². The summed E-state index contributed by atoms with van der Waals surface area (Å²) in [5.41, 5.74) is 1.77. The van der Waals surface area contributed by atoms with Gasteiger partial charge in [-0.05, 0) is 55.0 Å². The molecule has 146 valence electrons. The van der Waals surface area contributed by atoms with Crippen LogP contribution in [0.1, 0.15) is 5.56 Å². The van der Waals surface area contributed by atoms with Gasteiger partial charge in [0.05, 0.1) is 31.0 Å². The molecule has 0 bridgehead atoms. The number of methoxy groups -OCH3 is 2. The van der Waals surface area contributed by atoms with E-state index in [1.807, 2.05) is 24.3 Å². The SMILES string of the molecule is COc1cccc(Nc2ccc(NS(=O)(=O)c3ccc(OC)cc3C)cn2)c1. The summed E-state index contributed by atoms with van der Waals surface area (Å²) >= 11 is 0. The Kier molecular flexibility index (Phi) is 5.70. The Morgan fingerprint density at radius 3 is 2.29 bits per heavy atom. The van der Waals surface area contributed by atoms with Crippen molar-refractivity contribution in [3.05, 3.63) is 66.4 Å². The zero-order valence-electron chi connectivity index (χ0n) is 15.8. The maximum absolute atomic E-state index is 12.7. The maximum atomic E-state index is 12.7. The van der Waals surface area contributed by atoms with E-state index in [1.165, 1.54) is 19.4 Å². The van der Waals surface area contributed by atoms with Crippen molar-refractivity contribution in [3.63, 3.8) is 0 Å². The smallest absolute Gasteiger partial charge is 0.262 e. The second-order valence-electron chi connectivity index (χ2n) is 6.03. The third-order valence-electron chi connectivity index (χ3n) is 4.03. The number of benzene rings is 2. The fourth-order valence-electron chi connectivity index (χ4n) is 2.64. The van der Waals surface area contributed by atoms with Crippen molar-refractivity contribution in [2.75, 3.05) is 24.3 Å². The molecule has 0 amide bonds.